The number of hydrogen-bond donors (Lipinski definition) is 2. The third-order valence-corrected chi connectivity index (χ3v) is 4.45. The lowest BCUT2D eigenvalue weighted by molar-refractivity contribution is 0.0995. The van der Waals surface area contributed by atoms with Gasteiger partial charge in [0.25, 0.3) is 5.91 Å². The second kappa shape index (κ2) is 7.61. The van der Waals surface area contributed by atoms with Crippen LogP contribution in [0.2, 0.25) is 0 Å². The molecule has 0 atom stereocenters. The van der Waals surface area contributed by atoms with Gasteiger partial charge >= 0.3 is 0 Å². The van der Waals surface area contributed by atoms with Gasteiger partial charge in [0.2, 0.25) is 5.88 Å². The fraction of sp³-hybridized carbons (Fsp3) is 0.286. The molecule has 0 saturated heterocycles. The monoisotopic (exact) mass is 365 g/mol. The summed E-state index contributed by atoms with van der Waals surface area (Å²) in [6.07, 6.45) is 0.911. The number of hydrogen-bond acceptors (Lipinski definition) is 4. The molecule has 3 aromatic rings. The van der Waals surface area contributed by atoms with Crippen LogP contribution < -0.4 is 0 Å². The predicted molar refractivity (Wildman–Crippen MR) is 105 cm³/mol. The standard InChI is InChI=1S/C21H23N3O3/c1-13(2)10-11-24-18-9-4-14(3)12-17(18)19(21(24)27)22-23-20(26)15-5-7-16(25)8-6-15/h4-9,12-13,25,27H,10-11H2,1-3H3. The molecule has 6 heteroatoms. The fourth-order valence-electron chi connectivity index (χ4n) is 2.91. The number of aromatic hydroxyl groups is 2. The van der Waals surface area contributed by atoms with Crippen molar-refractivity contribution >= 4 is 22.5 Å². The summed E-state index contributed by atoms with van der Waals surface area (Å²) in [6.45, 7) is 6.88. The maximum Gasteiger partial charge on any atom is 0.295 e. The molecule has 0 bridgehead atoms. The molecule has 140 valence electrons. The Kier molecular flexibility index (Phi) is 5.26. The van der Waals surface area contributed by atoms with Crippen LogP contribution in [0.5, 0.6) is 11.6 Å². The topological polar surface area (TPSA) is 87.2 Å². The summed E-state index contributed by atoms with van der Waals surface area (Å²) in [5.41, 5.74) is 2.51. The van der Waals surface area contributed by atoms with Crippen LogP contribution in [0.4, 0.5) is 5.69 Å². The van der Waals surface area contributed by atoms with E-state index < -0.39 is 5.91 Å². The Bertz CT molecular complexity index is 1000. The highest BCUT2D eigenvalue weighted by Crippen LogP contribution is 2.39. The highest BCUT2D eigenvalue weighted by Gasteiger charge is 2.17. The van der Waals surface area contributed by atoms with Gasteiger partial charge < -0.3 is 14.8 Å². The lowest BCUT2D eigenvalue weighted by Crippen LogP contribution is -2.00. The second-order valence-electron chi connectivity index (χ2n) is 7.08. The van der Waals surface area contributed by atoms with Crippen molar-refractivity contribution in [3.05, 3.63) is 53.6 Å². The first-order valence-corrected chi connectivity index (χ1v) is 8.93. The second-order valence-corrected chi connectivity index (χ2v) is 7.08. The number of carbonyl (C=O) groups is 1. The Morgan fingerprint density at radius 3 is 2.48 bits per heavy atom. The van der Waals surface area contributed by atoms with E-state index in [0.717, 1.165) is 22.9 Å². The van der Waals surface area contributed by atoms with Crippen molar-refractivity contribution in [3.63, 3.8) is 0 Å². The number of amides is 1. The molecule has 3 rings (SSSR count). The Hall–Kier alpha value is -3.15. The van der Waals surface area contributed by atoms with Gasteiger partial charge in [-0.2, -0.15) is 0 Å². The van der Waals surface area contributed by atoms with Gasteiger partial charge in [-0.1, -0.05) is 25.5 Å². The normalized spacial score (nSPS) is 11.7. The molecule has 0 aliphatic heterocycles. The average molecular weight is 365 g/mol. The number of phenols is 1. The molecule has 27 heavy (non-hydrogen) atoms. The number of azo groups is 1. The van der Waals surface area contributed by atoms with E-state index in [1.165, 1.54) is 24.3 Å². The molecule has 1 heterocycles. The molecule has 0 spiro atoms. The van der Waals surface area contributed by atoms with E-state index in [0.29, 0.717) is 23.7 Å². The lowest BCUT2D eigenvalue weighted by atomic mass is 10.1. The number of aryl methyl sites for hydroxylation is 2. The van der Waals surface area contributed by atoms with E-state index in [1.54, 1.807) is 0 Å². The van der Waals surface area contributed by atoms with Crippen molar-refractivity contribution < 1.29 is 15.0 Å². The van der Waals surface area contributed by atoms with Gasteiger partial charge in [-0.25, -0.2) is 0 Å². The Morgan fingerprint density at radius 1 is 1.11 bits per heavy atom. The van der Waals surface area contributed by atoms with Crippen LogP contribution >= 0.6 is 0 Å². The average Bonchev–Trinajstić information content (AvgIpc) is 2.88. The number of rotatable bonds is 5. The number of phenolic OH excluding ortho intramolecular Hbond substituents is 1. The van der Waals surface area contributed by atoms with Crippen molar-refractivity contribution in [2.45, 2.75) is 33.7 Å². The van der Waals surface area contributed by atoms with E-state index in [9.17, 15) is 15.0 Å². The van der Waals surface area contributed by atoms with Gasteiger partial charge in [-0.3, -0.25) is 4.79 Å². The maximum absolute atomic E-state index is 12.2. The fourth-order valence-corrected chi connectivity index (χ4v) is 2.91. The molecule has 6 nitrogen and oxygen atoms in total. The van der Waals surface area contributed by atoms with Gasteiger partial charge in [0.15, 0.2) is 5.69 Å². The quantitative estimate of drug-likeness (QED) is 0.599. The van der Waals surface area contributed by atoms with Crippen molar-refractivity contribution in [2.24, 2.45) is 16.1 Å². The zero-order valence-corrected chi connectivity index (χ0v) is 15.7. The van der Waals surface area contributed by atoms with Crippen LogP contribution in [0.15, 0.2) is 52.7 Å². The molecule has 2 N–H and O–H groups in total. The number of nitrogens with zero attached hydrogens (tertiary/aromatic N) is 3. The summed E-state index contributed by atoms with van der Waals surface area (Å²) in [4.78, 5) is 12.2. The third kappa shape index (κ3) is 4.00. The molecule has 1 aromatic heterocycles. The predicted octanol–water partition coefficient (Wildman–Crippen LogP) is 5.33. The summed E-state index contributed by atoms with van der Waals surface area (Å²) in [5.74, 6) is 0.0434. The molecular weight excluding hydrogens is 342 g/mol. The number of aromatic nitrogens is 1. The molecule has 0 saturated carbocycles. The molecule has 0 aliphatic rings. The highest BCUT2D eigenvalue weighted by molar-refractivity contribution is 5.97. The van der Waals surface area contributed by atoms with Crippen LogP contribution in [0.1, 0.15) is 36.2 Å². The van der Waals surface area contributed by atoms with Gasteiger partial charge in [-0.05, 0) is 55.7 Å². The number of fused-ring (bicyclic) bond motifs is 1. The Morgan fingerprint density at radius 2 is 1.81 bits per heavy atom. The van der Waals surface area contributed by atoms with Gasteiger partial charge in [0, 0.05) is 17.5 Å². The third-order valence-electron chi connectivity index (χ3n) is 4.45. The number of benzene rings is 2. The summed E-state index contributed by atoms with van der Waals surface area (Å²) in [6, 6.07) is 11.7. The van der Waals surface area contributed by atoms with E-state index in [4.69, 9.17) is 0 Å². The maximum atomic E-state index is 12.2. The van der Waals surface area contributed by atoms with Crippen molar-refractivity contribution in [1.82, 2.24) is 4.57 Å². The molecule has 0 radical (unpaired) electrons. The van der Waals surface area contributed by atoms with E-state index >= 15 is 0 Å². The van der Waals surface area contributed by atoms with Crippen molar-refractivity contribution in [2.75, 3.05) is 0 Å². The first kappa shape index (κ1) is 18.6. The summed E-state index contributed by atoms with van der Waals surface area (Å²) in [7, 11) is 0. The van der Waals surface area contributed by atoms with Gasteiger partial charge in [0.05, 0.1) is 5.52 Å². The summed E-state index contributed by atoms with van der Waals surface area (Å²) in [5, 5.41) is 28.6. The van der Waals surface area contributed by atoms with Crippen LogP contribution in [0.3, 0.4) is 0 Å². The molecular formula is C21H23N3O3. The zero-order chi connectivity index (χ0) is 19.6. The Balaban J connectivity index is 2.00. The largest absolute Gasteiger partial charge is 0.508 e. The van der Waals surface area contributed by atoms with Crippen molar-refractivity contribution in [1.29, 1.82) is 0 Å². The number of carbonyl (C=O) groups excluding carboxylic acids is 1. The minimum atomic E-state index is -0.537. The van der Waals surface area contributed by atoms with Crippen LogP contribution in [-0.2, 0) is 6.54 Å². The highest BCUT2D eigenvalue weighted by atomic mass is 16.3. The molecule has 2 aromatic carbocycles. The van der Waals surface area contributed by atoms with Gasteiger partial charge in [0.1, 0.15) is 5.75 Å². The van der Waals surface area contributed by atoms with Crippen LogP contribution in [0.25, 0.3) is 10.9 Å². The van der Waals surface area contributed by atoms with Crippen LogP contribution in [0, 0.1) is 12.8 Å². The first-order valence-electron chi connectivity index (χ1n) is 8.93. The zero-order valence-electron chi connectivity index (χ0n) is 15.7. The SMILES string of the molecule is Cc1ccc2c(c1)c(N=NC(=O)c1ccc(O)cc1)c(O)n2CCC(C)C. The minimum absolute atomic E-state index is 0.0125. The molecule has 0 unspecified atom stereocenters. The van der Waals surface area contributed by atoms with Crippen LogP contribution in [-0.4, -0.2) is 20.7 Å². The lowest BCUT2D eigenvalue weighted by Gasteiger charge is -2.09. The smallest absolute Gasteiger partial charge is 0.295 e. The summed E-state index contributed by atoms with van der Waals surface area (Å²) < 4.78 is 1.81. The van der Waals surface area contributed by atoms with E-state index in [-0.39, 0.29) is 11.6 Å². The summed E-state index contributed by atoms with van der Waals surface area (Å²) >= 11 is 0. The first-order chi connectivity index (χ1) is 12.9. The van der Waals surface area contributed by atoms with Gasteiger partial charge in [-0.15, -0.1) is 10.2 Å². The van der Waals surface area contributed by atoms with E-state index in [1.807, 2.05) is 29.7 Å². The Labute approximate surface area is 157 Å². The van der Waals surface area contributed by atoms with Crippen molar-refractivity contribution in [3.8, 4) is 11.6 Å². The molecule has 0 aliphatic carbocycles. The molecule has 0 fully saturated rings. The van der Waals surface area contributed by atoms with E-state index in [2.05, 4.69) is 24.1 Å². The minimum Gasteiger partial charge on any atom is -0.508 e. The molecule has 1 amide bonds.